The molecule has 2 heterocycles. The number of nitrogens with zero attached hydrogens (tertiary/aromatic N) is 4. The van der Waals surface area contributed by atoms with Gasteiger partial charge in [-0.2, -0.15) is 0 Å². The fourth-order valence-electron chi connectivity index (χ4n) is 2.26. The van der Waals surface area contributed by atoms with Gasteiger partial charge in [0.1, 0.15) is 0 Å². The lowest BCUT2D eigenvalue weighted by atomic mass is 10.1. The molecule has 2 aromatic heterocycles. The summed E-state index contributed by atoms with van der Waals surface area (Å²) in [6.45, 7) is 1.81. The fraction of sp³-hybridized carbons (Fsp3) is 0.111. The summed E-state index contributed by atoms with van der Waals surface area (Å²) in [7, 11) is 1.68. The van der Waals surface area contributed by atoms with Gasteiger partial charge in [-0.1, -0.05) is 30.3 Å². The zero-order chi connectivity index (χ0) is 16.2. The predicted molar refractivity (Wildman–Crippen MR) is 89.2 cm³/mol. The van der Waals surface area contributed by atoms with E-state index in [0.717, 1.165) is 11.3 Å². The molecule has 0 radical (unpaired) electrons. The van der Waals surface area contributed by atoms with Crippen molar-refractivity contribution in [1.82, 2.24) is 15.2 Å². The molecule has 0 saturated carbocycles. The molecule has 0 saturated heterocycles. The first-order chi connectivity index (χ1) is 11.2. The maximum Gasteiger partial charge on any atom is 0.261 e. The quantitative estimate of drug-likeness (QED) is 0.746. The second kappa shape index (κ2) is 6.36. The van der Waals surface area contributed by atoms with E-state index < -0.39 is 0 Å². The van der Waals surface area contributed by atoms with Crippen molar-refractivity contribution in [3.63, 3.8) is 0 Å². The Balaban J connectivity index is 1.85. The molecule has 114 valence electrons. The largest absolute Gasteiger partial charge is 0.294 e. The Morgan fingerprint density at radius 3 is 2.39 bits per heavy atom. The lowest BCUT2D eigenvalue weighted by Crippen LogP contribution is -2.28. The average Bonchev–Trinajstić information content (AvgIpc) is 2.62. The molecule has 0 atom stereocenters. The molecule has 0 spiro atoms. The Morgan fingerprint density at radius 1 is 0.957 bits per heavy atom. The number of benzene rings is 1. The van der Waals surface area contributed by atoms with E-state index in [4.69, 9.17) is 0 Å². The second-order valence-corrected chi connectivity index (χ2v) is 5.14. The first kappa shape index (κ1) is 14.8. The molecule has 0 aliphatic carbocycles. The van der Waals surface area contributed by atoms with Crippen molar-refractivity contribution in [2.45, 2.75) is 6.92 Å². The minimum atomic E-state index is -0.155. The monoisotopic (exact) mass is 304 g/mol. The molecular weight excluding hydrogens is 288 g/mol. The number of pyridine rings is 1. The smallest absolute Gasteiger partial charge is 0.261 e. The third kappa shape index (κ3) is 3.08. The number of amides is 1. The third-order valence-electron chi connectivity index (χ3n) is 3.61. The van der Waals surface area contributed by atoms with Crippen LogP contribution in [0.2, 0.25) is 0 Å². The normalized spacial score (nSPS) is 10.3. The molecule has 0 unspecified atom stereocenters. The molecular formula is C18H16N4O. The zero-order valence-electron chi connectivity index (χ0n) is 13.0. The van der Waals surface area contributed by atoms with Crippen molar-refractivity contribution in [2.24, 2.45) is 0 Å². The summed E-state index contributed by atoms with van der Waals surface area (Å²) in [4.78, 5) is 18.2. The molecule has 23 heavy (non-hydrogen) atoms. The first-order valence-corrected chi connectivity index (χ1v) is 7.25. The molecule has 0 fully saturated rings. The number of anilines is 1. The van der Waals surface area contributed by atoms with Crippen LogP contribution in [-0.2, 0) is 0 Å². The number of carbonyl (C=O) groups is 1. The summed E-state index contributed by atoms with van der Waals surface area (Å²) in [5.41, 5.74) is 3.01. The summed E-state index contributed by atoms with van der Waals surface area (Å²) in [6.07, 6.45) is 1.67. The van der Waals surface area contributed by atoms with Crippen LogP contribution >= 0.6 is 0 Å². The highest BCUT2D eigenvalue weighted by Crippen LogP contribution is 2.19. The van der Waals surface area contributed by atoms with E-state index in [2.05, 4.69) is 15.2 Å². The standard InChI is InChI=1S/C18H16N4O/c1-13-15(9-6-12-19-13)18(23)22(2)17-11-10-16(20-21-17)14-7-4-3-5-8-14/h3-12H,1-2H3. The van der Waals surface area contributed by atoms with Crippen LogP contribution < -0.4 is 4.90 Å². The highest BCUT2D eigenvalue weighted by molar-refractivity contribution is 6.05. The van der Waals surface area contributed by atoms with Crippen LogP contribution in [-0.4, -0.2) is 28.1 Å². The number of rotatable bonds is 3. The van der Waals surface area contributed by atoms with Crippen molar-refractivity contribution in [3.05, 3.63) is 72.1 Å². The summed E-state index contributed by atoms with van der Waals surface area (Å²) < 4.78 is 0. The molecule has 0 aliphatic heterocycles. The van der Waals surface area contributed by atoms with Gasteiger partial charge in [-0.05, 0) is 31.2 Å². The highest BCUT2D eigenvalue weighted by atomic mass is 16.2. The van der Waals surface area contributed by atoms with Gasteiger partial charge in [0.25, 0.3) is 5.91 Å². The van der Waals surface area contributed by atoms with Crippen LogP contribution in [0.1, 0.15) is 16.1 Å². The van der Waals surface area contributed by atoms with E-state index >= 15 is 0 Å². The van der Waals surface area contributed by atoms with Crippen molar-refractivity contribution in [2.75, 3.05) is 11.9 Å². The Bertz CT molecular complexity index is 816. The van der Waals surface area contributed by atoms with E-state index in [0.29, 0.717) is 17.1 Å². The van der Waals surface area contributed by atoms with Gasteiger partial charge in [-0.15, -0.1) is 10.2 Å². The van der Waals surface area contributed by atoms with Crippen molar-refractivity contribution < 1.29 is 4.79 Å². The maximum absolute atomic E-state index is 12.5. The van der Waals surface area contributed by atoms with E-state index in [9.17, 15) is 4.79 Å². The molecule has 0 bridgehead atoms. The Labute approximate surface area is 134 Å². The van der Waals surface area contributed by atoms with Crippen molar-refractivity contribution in [1.29, 1.82) is 0 Å². The Hall–Kier alpha value is -3.08. The lowest BCUT2D eigenvalue weighted by molar-refractivity contribution is 0.0991. The van der Waals surface area contributed by atoms with Gasteiger partial charge >= 0.3 is 0 Å². The average molecular weight is 304 g/mol. The van der Waals surface area contributed by atoms with Crippen LogP contribution in [0.4, 0.5) is 5.82 Å². The van der Waals surface area contributed by atoms with Crippen molar-refractivity contribution in [3.8, 4) is 11.3 Å². The molecule has 3 aromatic rings. The van der Waals surface area contributed by atoms with E-state index in [1.54, 1.807) is 31.4 Å². The van der Waals surface area contributed by atoms with Gasteiger partial charge in [-0.3, -0.25) is 14.7 Å². The summed E-state index contributed by atoms with van der Waals surface area (Å²) in [5, 5.41) is 8.37. The lowest BCUT2D eigenvalue weighted by Gasteiger charge is -2.16. The fourth-order valence-corrected chi connectivity index (χ4v) is 2.26. The van der Waals surface area contributed by atoms with Crippen LogP contribution in [0.3, 0.4) is 0 Å². The number of aryl methyl sites for hydroxylation is 1. The van der Waals surface area contributed by atoms with E-state index in [-0.39, 0.29) is 5.91 Å². The van der Waals surface area contributed by atoms with Crippen LogP contribution in [0.5, 0.6) is 0 Å². The van der Waals surface area contributed by atoms with Gasteiger partial charge in [0.05, 0.1) is 11.3 Å². The molecule has 5 heteroatoms. The SMILES string of the molecule is Cc1ncccc1C(=O)N(C)c1ccc(-c2ccccc2)nn1. The van der Waals surface area contributed by atoms with Crippen LogP contribution in [0.25, 0.3) is 11.3 Å². The molecule has 0 aliphatic rings. The van der Waals surface area contributed by atoms with E-state index in [1.807, 2.05) is 43.3 Å². The minimum Gasteiger partial charge on any atom is -0.294 e. The summed E-state index contributed by atoms with van der Waals surface area (Å²) >= 11 is 0. The van der Waals surface area contributed by atoms with Crippen molar-refractivity contribution >= 4 is 11.7 Å². The summed E-state index contributed by atoms with van der Waals surface area (Å²) in [5.74, 6) is 0.343. The minimum absolute atomic E-state index is 0.155. The molecule has 5 nitrogen and oxygen atoms in total. The molecule has 0 N–H and O–H groups in total. The maximum atomic E-state index is 12.5. The first-order valence-electron chi connectivity index (χ1n) is 7.25. The third-order valence-corrected chi connectivity index (χ3v) is 3.61. The number of carbonyl (C=O) groups excluding carboxylic acids is 1. The van der Waals surface area contributed by atoms with Gasteiger partial charge in [0, 0.05) is 24.5 Å². The van der Waals surface area contributed by atoms with Gasteiger partial charge in [-0.25, -0.2) is 0 Å². The molecule has 3 rings (SSSR count). The van der Waals surface area contributed by atoms with E-state index in [1.165, 1.54) is 4.90 Å². The molecule has 1 aromatic carbocycles. The van der Waals surface area contributed by atoms with Crippen LogP contribution in [0, 0.1) is 6.92 Å². The Morgan fingerprint density at radius 2 is 1.74 bits per heavy atom. The zero-order valence-corrected chi connectivity index (χ0v) is 13.0. The van der Waals surface area contributed by atoms with Gasteiger partial charge < -0.3 is 0 Å². The second-order valence-electron chi connectivity index (χ2n) is 5.14. The topological polar surface area (TPSA) is 59.0 Å². The summed E-state index contributed by atoms with van der Waals surface area (Å²) in [6, 6.07) is 16.9. The van der Waals surface area contributed by atoms with Gasteiger partial charge in [0.15, 0.2) is 5.82 Å². The van der Waals surface area contributed by atoms with Gasteiger partial charge in [0.2, 0.25) is 0 Å². The Kier molecular flexibility index (Phi) is 4.10. The highest BCUT2D eigenvalue weighted by Gasteiger charge is 2.17. The number of hydrogen-bond acceptors (Lipinski definition) is 4. The number of hydrogen-bond donors (Lipinski definition) is 0. The molecule has 1 amide bonds. The predicted octanol–water partition coefficient (Wildman–Crippen LogP) is 3.12. The van der Waals surface area contributed by atoms with Crippen LogP contribution in [0.15, 0.2) is 60.8 Å². The number of aromatic nitrogens is 3.